The van der Waals surface area contributed by atoms with E-state index in [1.807, 2.05) is 21.0 Å². The second kappa shape index (κ2) is 8.01. The Kier molecular flexibility index (Phi) is 6.97. The van der Waals surface area contributed by atoms with Gasteiger partial charge in [-0.3, -0.25) is 0 Å². The third kappa shape index (κ3) is 5.85. The van der Waals surface area contributed by atoms with Crippen molar-refractivity contribution in [1.29, 1.82) is 0 Å². The molecule has 21 heavy (non-hydrogen) atoms. The first-order chi connectivity index (χ1) is 9.75. The molecule has 0 fully saturated rings. The van der Waals surface area contributed by atoms with Gasteiger partial charge in [-0.05, 0) is 56.6 Å². The Labute approximate surface area is 132 Å². The van der Waals surface area contributed by atoms with Crippen LogP contribution in [0.4, 0.5) is 0 Å². The van der Waals surface area contributed by atoms with Gasteiger partial charge in [-0.15, -0.1) is 0 Å². The lowest BCUT2D eigenvalue weighted by Gasteiger charge is -2.17. The largest absolute Gasteiger partial charge is 0.493 e. The molecule has 1 unspecified atom stereocenters. The number of hydrogen-bond acceptors (Lipinski definition) is 4. The van der Waals surface area contributed by atoms with Crippen LogP contribution in [0.5, 0.6) is 5.75 Å². The Hall–Kier alpha value is -0.780. The van der Waals surface area contributed by atoms with Gasteiger partial charge in [0.1, 0.15) is 5.75 Å². The Morgan fingerprint density at radius 2 is 2.00 bits per heavy atom. The van der Waals surface area contributed by atoms with Crippen LogP contribution in [0.2, 0.25) is 0 Å². The molecule has 0 radical (unpaired) electrons. The third-order valence-electron chi connectivity index (χ3n) is 3.41. The predicted molar refractivity (Wildman–Crippen MR) is 86.9 cm³/mol. The number of benzene rings is 1. The molecule has 1 aromatic carbocycles. The topological polar surface area (TPSA) is 46.6 Å². The van der Waals surface area contributed by atoms with Crippen LogP contribution in [0.15, 0.2) is 23.1 Å². The van der Waals surface area contributed by atoms with Gasteiger partial charge in [0.05, 0.1) is 11.5 Å². The molecule has 0 bridgehead atoms. The molecule has 4 nitrogen and oxygen atoms in total. The van der Waals surface area contributed by atoms with Crippen molar-refractivity contribution in [2.24, 2.45) is 0 Å². The fraction of sp³-hybridized carbons (Fsp3) is 0.600. The molecule has 0 aliphatic carbocycles. The molecule has 0 amide bonds. The van der Waals surface area contributed by atoms with Crippen molar-refractivity contribution in [1.82, 2.24) is 4.90 Å². The van der Waals surface area contributed by atoms with Crippen LogP contribution in [-0.2, 0) is 9.05 Å². The molecular formula is C15H24ClNO3S. The van der Waals surface area contributed by atoms with Crippen molar-refractivity contribution < 1.29 is 13.2 Å². The van der Waals surface area contributed by atoms with Crippen LogP contribution < -0.4 is 4.74 Å². The number of ether oxygens (including phenoxy) is 1. The first kappa shape index (κ1) is 18.3. The summed E-state index contributed by atoms with van der Waals surface area (Å²) >= 11 is 0. The molecule has 0 aliphatic heterocycles. The molecule has 0 spiro atoms. The van der Waals surface area contributed by atoms with Crippen LogP contribution in [-0.4, -0.2) is 40.6 Å². The van der Waals surface area contributed by atoms with Gasteiger partial charge in [0.25, 0.3) is 9.05 Å². The highest BCUT2D eigenvalue weighted by atomic mass is 35.7. The zero-order valence-corrected chi connectivity index (χ0v) is 14.7. The molecule has 1 rings (SSSR count). The second-order valence-electron chi connectivity index (χ2n) is 5.45. The van der Waals surface area contributed by atoms with Gasteiger partial charge in [0.15, 0.2) is 0 Å². The summed E-state index contributed by atoms with van der Waals surface area (Å²) in [7, 11) is 5.75. The van der Waals surface area contributed by atoms with Gasteiger partial charge in [0.2, 0.25) is 0 Å². The monoisotopic (exact) mass is 333 g/mol. The van der Waals surface area contributed by atoms with E-state index in [1.165, 1.54) is 6.07 Å². The fourth-order valence-corrected chi connectivity index (χ4v) is 2.76. The van der Waals surface area contributed by atoms with Crippen LogP contribution in [0, 0.1) is 0 Å². The molecule has 0 aromatic heterocycles. The molecule has 0 aliphatic rings. The average molecular weight is 334 g/mol. The number of rotatable bonds is 8. The van der Waals surface area contributed by atoms with E-state index in [0.717, 1.165) is 30.7 Å². The summed E-state index contributed by atoms with van der Waals surface area (Å²) < 4.78 is 28.7. The molecule has 120 valence electrons. The highest BCUT2D eigenvalue weighted by Gasteiger charge is 2.16. The van der Waals surface area contributed by atoms with Crippen LogP contribution >= 0.6 is 10.7 Å². The van der Waals surface area contributed by atoms with Gasteiger partial charge in [-0.1, -0.05) is 13.8 Å². The van der Waals surface area contributed by atoms with E-state index in [-0.39, 0.29) is 10.8 Å². The molecule has 0 N–H and O–H groups in total. The second-order valence-corrected chi connectivity index (χ2v) is 8.02. The standard InChI is InChI=1S/C15H24ClNO3S/c1-5-12(2)14-11-13(21(16,18)19)7-8-15(14)20-10-6-9-17(3)4/h7-8,11-12H,5-6,9-10H2,1-4H3. The van der Waals surface area contributed by atoms with E-state index in [9.17, 15) is 8.42 Å². The quantitative estimate of drug-likeness (QED) is 0.540. The first-order valence-corrected chi connectivity index (χ1v) is 9.42. The highest BCUT2D eigenvalue weighted by molar-refractivity contribution is 8.13. The van der Waals surface area contributed by atoms with Gasteiger partial charge in [-0.25, -0.2) is 8.42 Å². The summed E-state index contributed by atoms with van der Waals surface area (Å²) in [4.78, 5) is 2.22. The summed E-state index contributed by atoms with van der Waals surface area (Å²) in [5, 5.41) is 0. The maximum Gasteiger partial charge on any atom is 0.261 e. The zero-order chi connectivity index (χ0) is 16.0. The Morgan fingerprint density at radius 3 is 2.52 bits per heavy atom. The number of nitrogens with zero attached hydrogens (tertiary/aromatic N) is 1. The van der Waals surface area contributed by atoms with E-state index in [1.54, 1.807) is 12.1 Å². The van der Waals surface area contributed by atoms with Crippen molar-refractivity contribution in [3.8, 4) is 5.75 Å². The van der Waals surface area contributed by atoms with Crippen LogP contribution in [0.1, 0.15) is 38.2 Å². The lowest BCUT2D eigenvalue weighted by molar-refractivity contribution is 0.278. The van der Waals surface area contributed by atoms with Gasteiger partial charge >= 0.3 is 0 Å². The SMILES string of the molecule is CCC(C)c1cc(S(=O)(=O)Cl)ccc1OCCCN(C)C. The van der Waals surface area contributed by atoms with Crippen LogP contribution in [0.25, 0.3) is 0 Å². The smallest absolute Gasteiger partial charge is 0.261 e. The summed E-state index contributed by atoms with van der Waals surface area (Å²) in [5.74, 6) is 0.958. The summed E-state index contributed by atoms with van der Waals surface area (Å²) in [5.41, 5.74) is 0.893. The molecular weight excluding hydrogens is 310 g/mol. The molecule has 1 aromatic rings. The van der Waals surface area contributed by atoms with E-state index < -0.39 is 9.05 Å². The summed E-state index contributed by atoms with van der Waals surface area (Å²) in [6.07, 6.45) is 1.82. The minimum Gasteiger partial charge on any atom is -0.493 e. The van der Waals surface area contributed by atoms with Crippen molar-refractivity contribution in [3.63, 3.8) is 0 Å². The Balaban J connectivity index is 2.92. The minimum atomic E-state index is -3.71. The first-order valence-electron chi connectivity index (χ1n) is 7.11. The normalized spacial score (nSPS) is 13.4. The van der Waals surface area contributed by atoms with Crippen LogP contribution in [0.3, 0.4) is 0 Å². The number of halogens is 1. The van der Waals surface area contributed by atoms with Crippen molar-refractivity contribution >= 4 is 19.7 Å². The Morgan fingerprint density at radius 1 is 1.33 bits per heavy atom. The summed E-state index contributed by atoms with van der Waals surface area (Å²) in [6.45, 7) is 5.66. The average Bonchev–Trinajstić information content (AvgIpc) is 2.41. The van der Waals surface area contributed by atoms with Crippen molar-refractivity contribution in [2.75, 3.05) is 27.2 Å². The maximum absolute atomic E-state index is 11.5. The maximum atomic E-state index is 11.5. The molecule has 0 heterocycles. The zero-order valence-electron chi connectivity index (χ0n) is 13.1. The van der Waals surface area contributed by atoms with Crippen molar-refractivity contribution in [2.45, 2.75) is 37.5 Å². The fourth-order valence-electron chi connectivity index (χ4n) is 1.98. The van der Waals surface area contributed by atoms with Gasteiger partial charge in [0, 0.05) is 17.2 Å². The lowest BCUT2D eigenvalue weighted by atomic mass is 9.98. The molecule has 6 heteroatoms. The predicted octanol–water partition coefficient (Wildman–Crippen LogP) is 3.46. The third-order valence-corrected chi connectivity index (χ3v) is 4.76. The van der Waals surface area contributed by atoms with E-state index in [0.29, 0.717) is 6.61 Å². The molecule has 0 saturated carbocycles. The minimum absolute atomic E-state index is 0.125. The van der Waals surface area contributed by atoms with E-state index in [4.69, 9.17) is 15.4 Å². The van der Waals surface area contributed by atoms with E-state index in [2.05, 4.69) is 11.8 Å². The number of hydrogen-bond donors (Lipinski definition) is 0. The molecule has 1 atom stereocenters. The Bertz CT molecular complexity index is 558. The van der Waals surface area contributed by atoms with Crippen molar-refractivity contribution in [3.05, 3.63) is 23.8 Å². The van der Waals surface area contributed by atoms with Gasteiger partial charge in [-0.2, -0.15) is 0 Å². The highest BCUT2D eigenvalue weighted by Crippen LogP contribution is 2.32. The lowest BCUT2D eigenvalue weighted by Crippen LogP contribution is -2.16. The molecule has 0 saturated heterocycles. The van der Waals surface area contributed by atoms with E-state index >= 15 is 0 Å². The van der Waals surface area contributed by atoms with Gasteiger partial charge < -0.3 is 9.64 Å². The summed E-state index contributed by atoms with van der Waals surface area (Å²) in [6, 6.07) is 4.82.